The van der Waals surface area contributed by atoms with Crippen molar-refractivity contribution in [3.8, 4) is 0 Å². The quantitative estimate of drug-likeness (QED) is 0.748. The van der Waals surface area contributed by atoms with Gasteiger partial charge in [-0.25, -0.2) is 0 Å². The van der Waals surface area contributed by atoms with Crippen molar-refractivity contribution in [1.82, 2.24) is 5.32 Å². The number of nitrogens with one attached hydrogen (secondary N) is 1. The molecule has 1 fully saturated rings. The second kappa shape index (κ2) is 8.05. The minimum Gasteiger partial charge on any atom is -0.353 e. The van der Waals surface area contributed by atoms with Gasteiger partial charge in [0.25, 0.3) is 0 Å². The van der Waals surface area contributed by atoms with E-state index >= 15 is 0 Å². The van der Waals surface area contributed by atoms with Gasteiger partial charge in [0.1, 0.15) is 0 Å². The van der Waals surface area contributed by atoms with Gasteiger partial charge in [0.15, 0.2) is 0 Å². The second-order valence-corrected chi connectivity index (χ2v) is 7.01. The van der Waals surface area contributed by atoms with Crippen LogP contribution in [0.2, 0.25) is 0 Å². The van der Waals surface area contributed by atoms with E-state index in [1.165, 1.54) is 6.42 Å². The lowest BCUT2D eigenvalue weighted by Gasteiger charge is -2.18. The van der Waals surface area contributed by atoms with E-state index in [-0.39, 0.29) is 5.91 Å². The molecule has 0 aromatic rings. The van der Waals surface area contributed by atoms with Gasteiger partial charge < -0.3 is 11.1 Å². The summed E-state index contributed by atoms with van der Waals surface area (Å²) < 4.78 is 0. The number of carbonyl (C=O) groups excluding carboxylic acids is 1. The Morgan fingerprint density at radius 1 is 1.44 bits per heavy atom. The van der Waals surface area contributed by atoms with Gasteiger partial charge in [-0.15, -0.1) is 0 Å². The second-order valence-electron chi connectivity index (χ2n) is 5.87. The number of hydrogen-bond donors (Lipinski definition) is 2. The molecule has 0 heterocycles. The summed E-state index contributed by atoms with van der Waals surface area (Å²) in [6, 6.07) is 0.396. The fraction of sp³-hybridized carbons (Fsp3) is 0.929. The predicted octanol–water partition coefficient (Wildman–Crippen LogP) is 2.40. The fourth-order valence-electron chi connectivity index (χ4n) is 2.76. The molecule has 0 saturated heterocycles. The third-order valence-corrected chi connectivity index (χ3v) is 4.79. The van der Waals surface area contributed by atoms with Crippen LogP contribution in [0.5, 0.6) is 0 Å². The molecule has 3 N–H and O–H groups in total. The van der Waals surface area contributed by atoms with E-state index in [2.05, 4.69) is 25.4 Å². The van der Waals surface area contributed by atoms with Crippen molar-refractivity contribution in [2.45, 2.75) is 57.2 Å². The maximum absolute atomic E-state index is 12.0. The monoisotopic (exact) mass is 272 g/mol. The Morgan fingerprint density at radius 2 is 2.17 bits per heavy atom. The first kappa shape index (κ1) is 15.8. The number of amides is 1. The van der Waals surface area contributed by atoms with Crippen LogP contribution in [0.15, 0.2) is 0 Å². The van der Waals surface area contributed by atoms with Crippen LogP contribution in [-0.4, -0.2) is 30.0 Å². The summed E-state index contributed by atoms with van der Waals surface area (Å²) in [5.74, 6) is 1.14. The maximum atomic E-state index is 12.0. The molecule has 2 unspecified atom stereocenters. The first-order valence-electron chi connectivity index (χ1n) is 7.07. The first-order valence-corrected chi connectivity index (χ1v) is 8.36. The summed E-state index contributed by atoms with van der Waals surface area (Å²) in [4.78, 5) is 12.0. The van der Waals surface area contributed by atoms with Crippen LogP contribution in [0.25, 0.3) is 0 Å². The molecule has 3 nitrogen and oxygen atoms in total. The lowest BCUT2D eigenvalue weighted by atomic mass is 9.94. The fourth-order valence-corrected chi connectivity index (χ4v) is 3.56. The molecule has 1 aliphatic rings. The highest BCUT2D eigenvalue weighted by Gasteiger charge is 2.25. The Kier molecular flexibility index (Phi) is 7.08. The molecule has 0 aliphatic heterocycles. The molecule has 1 rings (SSSR count). The molecule has 0 bridgehead atoms. The number of nitrogens with two attached hydrogens (primary N) is 1. The van der Waals surface area contributed by atoms with Gasteiger partial charge in [0.2, 0.25) is 5.91 Å². The van der Waals surface area contributed by atoms with Crippen LogP contribution in [0.1, 0.15) is 46.0 Å². The van der Waals surface area contributed by atoms with E-state index in [1.807, 2.05) is 11.8 Å². The Balaban J connectivity index is 2.28. The van der Waals surface area contributed by atoms with Crippen molar-refractivity contribution in [1.29, 1.82) is 0 Å². The molecule has 1 saturated carbocycles. The van der Waals surface area contributed by atoms with Crippen molar-refractivity contribution in [2.75, 3.05) is 12.8 Å². The van der Waals surface area contributed by atoms with Crippen molar-refractivity contribution in [3.05, 3.63) is 0 Å². The van der Waals surface area contributed by atoms with E-state index in [0.29, 0.717) is 30.8 Å². The first-order chi connectivity index (χ1) is 8.55. The minimum absolute atomic E-state index is 0.192. The molecular formula is C14H28N2OS. The number of hydrogen-bond acceptors (Lipinski definition) is 3. The van der Waals surface area contributed by atoms with Crippen molar-refractivity contribution >= 4 is 17.7 Å². The minimum atomic E-state index is 0.192. The van der Waals surface area contributed by atoms with E-state index in [1.54, 1.807) is 0 Å². The van der Waals surface area contributed by atoms with Crippen LogP contribution >= 0.6 is 11.8 Å². The molecule has 106 valence electrons. The lowest BCUT2D eigenvalue weighted by Crippen LogP contribution is -2.35. The highest BCUT2D eigenvalue weighted by atomic mass is 32.2. The zero-order valence-corrected chi connectivity index (χ0v) is 12.8. The van der Waals surface area contributed by atoms with Crippen LogP contribution in [0.3, 0.4) is 0 Å². The Hall–Kier alpha value is -0.220. The SMILES string of the molecule is CSC1CCC(NC(=O)C[C@@H](CN)CC(C)C)C1. The molecule has 0 aromatic heterocycles. The van der Waals surface area contributed by atoms with Crippen LogP contribution in [0.4, 0.5) is 0 Å². The lowest BCUT2D eigenvalue weighted by molar-refractivity contribution is -0.122. The summed E-state index contributed by atoms with van der Waals surface area (Å²) >= 11 is 1.92. The van der Waals surface area contributed by atoms with Gasteiger partial charge in [-0.05, 0) is 50.3 Å². The van der Waals surface area contributed by atoms with Gasteiger partial charge in [0.05, 0.1) is 0 Å². The molecule has 18 heavy (non-hydrogen) atoms. The average Bonchev–Trinajstić information content (AvgIpc) is 2.75. The largest absolute Gasteiger partial charge is 0.353 e. The molecule has 0 spiro atoms. The highest BCUT2D eigenvalue weighted by molar-refractivity contribution is 7.99. The van der Waals surface area contributed by atoms with E-state index in [9.17, 15) is 4.79 Å². The summed E-state index contributed by atoms with van der Waals surface area (Å²) in [6.07, 6.45) is 7.29. The van der Waals surface area contributed by atoms with Crippen molar-refractivity contribution in [2.24, 2.45) is 17.6 Å². The molecular weight excluding hydrogens is 244 g/mol. The van der Waals surface area contributed by atoms with Crippen LogP contribution in [0, 0.1) is 11.8 Å². The smallest absolute Gasteiger partial charge is 0.220 e. The van der Waals surface area contributed by atoms with E-state index < -0.39 is 0 Å². The van der Waals surface area contributed by atoms with Crippen LogP contribution in [-0.2, 0) is 4.79 Å². The molecule has 0 radical (unpaired) electrons. The van der Waals surface area contributed by atoms with E-state index in [0.717, 1.165) is 24.5 Å². The normalized spacial score (nSPS) is 25.4. The third-order valence-electron chi connectivity index (χ3n) is 3.70. The zero-order valence-electron chi connectivity index (χ0n) is 11.9. The summed E-state index contributed by atoms with van der Waals surface area (Å²) in [6.45, 7) is 4.98. The van der Waals surface area contributed by atoms with Gasteiger partial charge >= 0.3 is 0 Å². The molecule has 0 aromatic carbocycles. The Bertz CT molecular complexity index is 258. The van der Waals surface area contributed by atoms with E-state index in [4.69, 9.17) is 5.73 Å². The van der Waals surface area contributed by atoms with Gasteiger partial charge in [-0.3, -0.25) is 4.79 Å². The zero-order chi connectivity index (χ0) is 13.5. The average molecular weight is 272 g/mol. The van der Waals surface area contributed by atoms with Crippen molar-refractivity contribution < 1.29 is 4.79 Å². The molecule has 3 atom stereocenters. The van der Waals surface area contributed by atoms with Gasteiger partial charge in [-0.2, -0.15) is 11.8 Å². The Morgan fingerprint density at radius 3 is 2.67 bits per heavy atom. The number of carbonyl (C=O) groups is 1. The van der Waals surface area contributed by atoms with Gasteiger partial charge in [0, 0.05) is 17.7 Å². The van der Waals surface area contributed by atoms with Crippen LogP contribution < -0.4 is 11.1 Å². The highest BCUT2D eigenvalue weighted by Crippen LogP contribution is 2.28. The Labute approximate surface area is 116 Å². The number of rotatable bonds is 7. The third kappa shape index (κ3) is 5.61. The number of thioether (sulfide) groups is 1. The maximum Gasteiger partial charge on any atom is 0.220 e. The van der Waals surface area contributed by atoms with Crippen molar-refractivity contribution in [3.63, 3.8) is 0 Å². The predicted molar refractivity (Wildman–Crippen MR) is 79.7 cm³/mol. The van der Waals surface area contributed by atoms with Gasteiger partial charge in [-0.1, -0.05) is 13.8 Å². The standard InChI is InChI=1S/C14H28N2OS/c1-10(2)6-11(9-15)7-14(17)16-12-4-5-13(8-12)18-3/h10-13H,4-9,15H2,1-3H3,(H,16,17)/t11-,12?,13?/m0/s1. The summed E-state index contributed by atoms with van der Waals surface area (Å²) in [7, 11) is 0. The molecule has 1 amide bonds. The molecule has 1 aliphatic carbocycles. The molecule has 4 heteroatoms. The topological polar surface area (TPSA) is 55.1 Å². The summed E-state index contributed by atoms with van der Waals surface area (Å²) in [5, 5.41) is 3.91. The summed E-state index contributed by atoms with van der Waals surface area (Å²) in [5.41, 5.74) is 5.74.